The lowest BCUT2D eigenvalue weighted by molar-refractivity contribution is -0.127. The van der Waals surface area contributed by atoms with Gasteiger partial charge in [0.15, 0.2) is 0 Å². The van der Waals surface area contributed by atoms with Crippen LogP contribution in [0.1, 0.15) is 43.5 Å². The normalized spacial score (nSPS) is 13.1. The smallest absolute Gasteiger partial charge is 0.244 e. The largest absolute Gasteiger partial charge is 0.487 e. The highest BCUT2D eigenvalue weighted by atomic mass is 32.1. The van der Waals surface area contributed by atoms with Crippen LogP contribution in [0.5, 0.6) is 5.75 Å². The molecule has 2 aromatic rings. The number of aryl methyl sites for hydroxylation is 1. The molecule has 0 spiro atoms. The zero-order chi connectivity index (χ0) is 20.5. The van der Waals surface area contributed by atoms with Crippen LogP contribution in [0.25, 0.3) is 6.08 Å². The minimum Gasteiger partial charge on any atom is -0.487 e. The van der Waals surface area contributed by atoms with Crippen molar-refractivity contribution < 1.29 is 14.3 Å². The number of thiazole rings is 1. The van der Waals surface area contributed by atoms with Gasteiger partial charge in [0.25, 0.3) is 0 Å². The van der Waals surface area contributed by atoms with Crippen LogP contribution in [0, 0.1) is 6.92 Å². The molecule has 2 rings (SSSR count). The molecule has 2 unspecified atom stereocenters. The molecule has 0 fully saturated rings. The maximum absolute atomic E-state index is 12.0. The maximum atomic E-state index is 12.0. The molecule has 2 amide bonds. The Kier molecular flexibility index (Phi) is 8.19. The number of nitrogens with one attached hydrogen (secondary N) is 2. The number of nitrogens with zero attached hydrogens (tertiary/aromatic N) is 1. The Morgan fingerprint density at radius 3 is 2.54 bits per heavy atom. The lowest BCUT2D eigenvalue weighted by Crippen LogP contribution is -2.46. The van der Waals surface area contributed by atoms with Crippen LogP contribution in [0.2, 0.25) is 0 Å². The molecule has 1 aromatic heterocycles. The van der Waals surface area contributed by atoms with E-state index in [-0.39, 0.29) is 17.9 Å². The molecule has 0 aliphatic rings. The molecule has 28 heavy (non-hydrogen) atoms. The van der Waals surface area contributed by atoms with Crippen molar-refractivity contribution >= 4 is 29.2 Å². The Morgan fingerprint density at radius 1 is 1.21 bits per heavy atom. The number of rotatable bonds is 9. The number of amides is 2. The summed E-state index contributed by atoms with van der Waals surface area (Å²) in [7, 11) is 0. The van der Waals surface area contributed by atoms with Crippen LogP contribution in [0.15, 0.2) is 35.7 Å². The number of carbonyl (C=O) groups excluding carboxylic acids is 2. The summed E-state index contributed by atoms with van der Waals surface area (Å²) in [6.45, 7) is 7.98. The van der Waals surface area contributed by atoms with E-state index in [9.17, 15) is 9.59 Å². The summed E-state index contributed by atoms with van der Waals surface area (Å²) in [6, 6.07) is 6.92. The Morgan fingerprint density at radius 2 is 1.93 bits per heavy atom. The van der Waals surface area contributed by atoms with Gasteiger partial charge in [-0.1, -0.05) is 19.1 Å². The van der Waals surface area contributed by atoms with Gasteiger partial charge >= 0.3 is 0 Å². The average Bonchev–Trinajstić information content (AvgIpc) is 3.10. The van der Waals surface area contributed by atoms with Gasteiger partial charge in [-0.2, -0.15) is 0 Å². The van der Waals surface area contributed by atoms with Crippen LogP contribution in [-0.2, 0) is 16.2 Å². The van der Waals surface area contributed by atoms with Crippen molar-refractivity contribution in [3.63, 3.8) is 0 Å². The third kappa shape index (κ3) is 7.15. The third-order valence-corrected chi connectivity index (χ3v) is 4.94. The highest BCUT2D eigenvalue weighted by molar-refractivity contribution is 7.09. The van der Waals surface area contributed by atoms with E-state index in [1.54, 1.807) is 24.3 Å². The van der Waals surface area contributed by atoms with Crippen molar-refractivity contribution in [3.8, 4) is 5.75 Å². The second-order valence-corrected chi connectivity index (χ2v) is 7.66. The Hall–Kier alpha value is -2.67. The first kappa shape index (κ1) is 21.6. The number of carbonyl (C=O) groups is 2. The lowest BCUT2D eigenvalue weighted by atomic mass is 10.2. The summed E-state index contributed by atoms with van der Waals surface area (Å²) in [4.78, 5) is 28.3. The molecule has 150 valence electrons. The molecule has 0 radical (unpaired) electrons. The number of hydrogen-bond acceptors (Lipinski definition) is 5. The van der Waals surface area contributed by atoms with Gasteiger partial charge in [0.1, 0.15) is 18.4 Å². The summed E-state index contributed by atoms with van der Waals surface area (Å²) >= 11 is 1.60. The first-order chi connectivity index (χ1) is 13.4. The van der Waals surface area contributed by atoms with Crippen molar-refractivity contribution in [2.75, 3.05) is 0 Å². The summed E-state index contributed by atoms with van der Waals surface area (Å²) in [6.07, 6.45) is 3.96. The molecule has 0 bridgehead atoms. The Bertz CT molecular complexity index is 815. The van der Waals surface area contributed by atoms with Crippen LogP contribution in [-0.4, -0.2) is 28.9 Å². The topological polar surface area (TPSA) is 80.3 Å². The number of ether oxygens (including phenoxy) is 1. The zero-order valence-corrected chi connectivity index (χ0v) is 17.5. The summed E-state index contributed by atoms with van der Waals surface area (Å²) in [5, 5.41) is 8.51. The van der Waals surface area contributed by atoms with E-state index in [1.807, 2.05) is 50.4 Å². The monoisotopic (exact) mass is 401 g/mol. The van der Waals surface area contributed by atoms with Crippen LogP contribution < -0.4 is 15.4 Å². The Balaban J connectivity index is 1.81. The van der Waals surface area contributed by atoms with Crippen molar-refractivity contribution in [1.29, 1.82) is 0 Å². The van der Waals surface area contributed by atoms with Gasteiger partial charge in [-0.15, -0.1) is 11.3 Å². The van der Waals surface area contributed by atoms with E-state index in [2.05, 4.69) is 15.6 Å². The number of aromatic nitrogens is 1. The molecule has 0 saturated heterocycles. The Labute approximate surface area is 170 Å². The first-order valence-corrected chi connectivity index (χ1v) is 10.2. The fourth-order valence-electron chi connectivity index (χ4n) is 2.28. The molecule has 2 N–H and O–H groups in total. The maximum Gasteiger partial charge on any atom is 0.244 e. The van der Waals surface area contributed by atoms with Gasteiger partial charge in [-0.05, 0) is 51.0 Å². The zero-order valence-electron chi connectivity index (χ0n) is 16.7. The highest BCUT2D eigenvalue weighted by Crippen LogP contribution is 2.16. The molecule has 7 heteroatoms. The van der Waals surface area contributed by atoms with Gasteiger partial charge in [0.2, 0.25) is 11.8 Å². The summed E-state index contributed by atoms with van der Waals surface area (Å²) in [5.41, 5.74) is 1.78. The lowest BCUT2D eigenvalue weighted by Gasteiger charge is -2.16. The van der Waals surface area contributed by atoms with E-state index in [4.69, 9.17) is 4.74 Å². The fourth-order valence-corrected chi connectivity index (χ4v) is 2.87. The molecule has 1 aromatic carbocycles. The second kappa shape index (κ2) is 10.6. The number of benzene rings is 1. The fraction of sp³-hybridized carbons (Fsp3) is 0.381. The molecule has 0 saturated carbocycles. The molecular formula is C21H27N3O3S. The van der Waals surface area contributed by atoms with E-state index in [0.29, 0.717) is 6.61 Å². The van der Waals surface area contributed by atoms with Crippen molar-refractivity contribution in [2.45, 2.75) is 52.8 Å². The van der Waals surface area contributed by atoms with Crippen LogP contribution in [0.4, 0.5) is 0 Å². The van der Waals surface area contributed by atoms with Gasteiger partial charge in [-0.25, -0.2) is 4.98 Å². The first-order valence-electron chi connectivity index (χ1n) is 9.30. The predicted molar refractivity (Wildman–Crippen MR) is 112 cm³/mol. The average molecular weight is 402 g/mol. The molecule has 0 aliphatic heterocycles. The van der Waals surface area contributed by atoms with E-state index >= 15 is 0 Å². The molecule has 2 atom stereocenters. The van der Waals surface area contributed by atoms with Crippen molar-refractivity contribution in [3.05, 3.63) is 52.0 Å². The van der Waals surface area contributed by atoms with Crippen molar-refractivity contribution in [1.82, 2.24) is 15.6 Å². The molecule has 0 aliphatic carbocycles. The summed E-state index contributed by atoms with van der Waals surface area (Å²) < 4.78 is 5.70. The number of hydrogen-bond donors (Lipinski definition) is 2. The minimum atomic E-state index is -0.587. The van der Waals surface area contributed by atoms with Gasteiger partial charge in [0.05, 0.1) is 10.7 Å². The predicted octanol–water partition coefficient (Wildman–Crippen LogP) is 3.46. The van der Waals surface area contributed by atoms with E-state index in [0.717, 1.165) is 28.4 Å². The second-order valence-electron chi connectivity index (χ2n) is 6.60. The van der Waals surface area contributed by atoms with Gasteiger partial charge < -0.3 is 15.4 Å². The van der Waals surface area contributed by atoms with Crippen LogP contribution >= 0.6 is 11.3 Å². The van der Waals surface area contributed by atoms with Crippen LogP contribution in [0.3, 0.4) is 0 Å². The highest BCUT2D eigenvalue weighted by Gasteiger charge is 2.15. The molecule has 1 heterocycles. The standard InChI is InChI=1S/C21H27N3O3S/c1-5-14(2)22-21(26)15(3)23-20(25)11-8-17-6-9-19(10-7-17)27-12-18-13-28-16(4)24-18/h6-11,13-15H,5,12H2,1-4H3,(H,22,26)(H,23,25)/b11-8+. The quantitative estimate of drug-likeness (QED) is 0.631. The van der Waals surface area contributed by atoms with Gasteiger partial charge in [-0.3, -0.25) is 9.59 Å². The molecular weight excluding hydrogens is 374 g/mol. The third-order valence-electron chi connectivity index (χ3n) is 4.11. The van der Waals surface area contributed by atoms with E-state index < -0.39 is 6.04 Å². The van der Waals surface area contributed by atoms with Gasteiger partial charge in [0, 0.05) is 17.5 Å². The van der Waals surface area contributed by atoms with Crippen molar-refractivity contribution in [2.24, 2.45) is 0 Å². The minimum absolute atomic E-state index is 0.0858. The SMILES string of the molecule is CCC(C)NC(=O)C(C)NC(=O)/C=C/c1ccc(OCc2csc(C)n2)cc1. The molecule has 6 nitrogen and oxygen atoms in total. The summed E-state index contributed by atoms with van der Waals surface area (Å²) in [5.74, 6) is 0.238. The van der Waals surface area contributed by atoms with E-state index in [1.165, 1.54) is 6.08 Å².